The Morgan fingerprint density at radius 1 is 1.10 bits per heavy atom. The molecule has 1 saturated heterocycles. The Morgan fingerprint density at radius 2 is 1.80 bits per heavy atom. The van der Waals surface area contributed by atoms with Crippen LogP contribution in [-0.2, 0) is 9.59 Å². The van der Waals surface area contributed by atoms with E-state index < -0.39 is 39.8 Å². The highest BCUT2D eigenvalue weighted by Gasteiger charge is 2.37. The van der Waals surface area contributed by atoms with Gasteiger partial charge in [0.1, 0.15) is 17.1 Å². The number of amides is 4. The number of barbiturate groups is 1. The Balaban J connectivity index is 2.13. The van der Waals surface area contributed by atoms with E-state index in [-0.39, 0.29) is 22.7 Å². The van der Waals surface area contributed by atoms with Crippen LogP contribution in [0.3, 0.4) is 0 Å². The molecule has 1 N–H and O–H groups in total. The third kappa shape index (κ3) is 3.68. The van der Waals surface area contributed by atoms with Crippen molar-refractivity contribution in [2.45, 2.75) is 0 Å². The molecule has 10 nitrogen and oxygen atoms in total. The number of imide groups is 2. The zero-order chi connectivity index (χ0) is 22.0. The summed E-state index contributed by atoms with van der Waals surface area (Å²) in [6.07, 6.45) is 1.04. The van der Waals surface area contributed by atoms with Gasteiger partial charge in [-0.3, -0.25) is 25.0 Å². The van der Waals surface area contributed by atoms with Gasteiger partial charge in [-0.15, -0.1) is 0 Å². The molecule has 0 unspecified atom stereocenters. The second-order valence-electron chi connectivity index (χ2n) is 5.96. The van der Waals surface area contributed by atoms with E-state index in [9.17, 15) is 28.9 Å². The van der Waals surface area contributed by atoms with E-state index >= 15 is 0 Å². The lowest BCUT2D eigenvalue weighted by Gasteiger charge is -2.26. The summed E-state index contributed by atoms with van der Waals surface area (Å²) in [7, 11) is 2.52. The first-order chi connectivity index (χ1) is 14.3. The summed E-state index contributed by atoms with van der Waals surface area (Å²) >= 11 is 0. The molecule has 0 radical (unpaired) electrons. The zero-order valence-electron chi connectivity index (χ0n) is 15.7. The van der Waals surface area contributed by atoms with Crippen LogP contribution in [0.5, 0.6) is 11.5 Å². The van der Waals surface area contributed by atoms with Gasteiger partial charge >= 0.3 is 11.7 Å². The number of hydrogen-bond acceptors (Lipinski definition) is 7. The third-order valence-electron chi connectivity index (χ3n) is 4.20. The fourth-order valence-electron chi connectivity index (χ4n) is 2.82. The van der Waals surface area contributed by atoms with Gasteiger partial charge in [-0.2, -0.15) is 0 Å². The molecule has 0 atom stereocenters. The smallest absolute Gasteiger partial charge is 0.335 e. The number of nitrogens with zero attached hydrogens (tertiary/aromatic N) is 2. The molecule has 1 fully saturated rings. The first-order valence-corrected chi connectivity index (χ1v) is 8.34. The number of nitro benzene ring substituents is 1. The van der Waals surface area contributed by atoms with E-state index in [1.165, 1.54) is 32.4 Å². The van der Waals surface area contributed by atoms with Crippen molar-refractivity contribution >= 4 is 35.3 Å². The first kappa shape index (κ1) is 20.5. The maximum atomic E-state index is 13.5. The van der Waals surface area contributed by atoms with Gasteiger partial charge in [-0.25, -0.2) is 14.1 Å². The molecule has 1 aliphatic heterocycles. The Kier molecular flexibility index (Phi) is 5.45. The number of methoxy groups -OCH3 is 2. The summed E-state index contributed by atoms with van der Waals surface area (Å²) in [5, 5.41) is 13.3. The van der Waals surface area contributed by atoms with Gasteiger partial charge in [0.15, 0.2) is 0 Å². The SMILES string of the molecule is COc1cc(OC)c([N+](=O)[O-])cc1/C=C1\C(=O)NC(=O)N(c2cccc(F)c2)C1=O. The number of halogens is 1. The second-order valence-corrected chi connectivity index (χ2v) is 5.96. The normalized spacial score (nSPS) is 15.2. The maximum Gasteiger partial charge on any atom is 0.335 e. The zero-order valence-corrected chi connectivity index (χ0v) is 15.7. The van der Waals surface area contributed by atoms with Crippen molar-refractivity contribution in [2.75, 3.05) is 19.1 Å². The predicted octanol–water partition coefficient (Wildman–Crippen LogP) is 2.42. The van der Waals surface area contributed by atoms with Gasteiger partial charge in [0.2, 0.25) is 5.75 Å². The van der Waals surface area contributed by atoms with Crippen LogP contribution >= 0.6 is 0 Å². The average Bonchev–Trinajstić information content (AvgIpc) is 2.70. The molecule has 1 aliphatic rings. The number of carbonyl (C=O) groups is 3. The van der Waals surface area contributed by atoms with Crippen LogP contribution in [0.2, 0.25) is 0 Å². The molecular weight excluding hydrogens is 401 g/mol. The number of anilines is 1. The van der Waals surface area contributed by atoms with Crippen molar-refractivity contribution in [1.29, 1.82) is 0 Å². The van der Waals surface area contributed by atoms with Crippen LogP contribution in [-0.4, -0.2) is 37.0 Å². The highest BCUT2D eigenvalue weighted by molar-refractivity contribution is 6.39. The number of ether oxygens (including phenoxy) is 2. The Hall–Kier alpha value is -4.28. The van der Waals surface area contributed by atoms with Crippen molar-refractivity contribution in [3.05, 3.63) is 63.5 Å². The van der Waals surface area contributed by atoms with E-state index in [2.05, 4.69) is 0 Å². The lowest BCUT2D eigenvalue weighted by atomic mass is 10.0. The summed E-state index contributed by atoms with van der Waals surface area (Å²) in [6.45, 7) is 0. The molecule has 0 aromatic heterocycles. The van der Waals surface area contributed by atoms with Crippen LogP contribution in [0, 0.1) is 15.9 Å². The quantitative estimate of drug-likeness (QED) is 0.344. The molecule has 2 aromatic carbocycles. The fourth-order valence-corrected chi connectivity index (χ4v) is 2.82. The van der Waals surface area contributed by atoms with Crippen LogP contribution in [0.1, 0.15) is 5.56 Å². The second kappa shape index (κ2) is 7.99. The van der Waals surface area contributed by atoms with Crippen LogP contribution in [0.25, 0.3) is 6.08 Å². The van der Waals surface area contributed by atoms with Gasteiger partial charge in [0.25, 0.3) is 11.8 Å². The molecule has 4 amide bonds. The summed E-state index contributed by atoms with van der Waals surface area (Å²) < 4.78 is 23.7. The average molecular weight is 415 g/mol. The maximum absolute atomic E-state index is 13.5. The van der Waals surface area contributed by atoms with Crippen molar-refractivity contribution < 1.29 is 33.2 Å². The van der Waals surface area contributed by atoms with Crippen LogP contribution in [0.15, 0.2) is 42.0 Å². The van der Waals surface area contributed by atoms with Gasteiger partial charge in [0.05, 0.1) is 24.8 Å². The molecule has 30 heavy (non-hydrogen) atoms. The molecule has 0 bridgehead atoms. The number of nitrogens with one attached hydrogen (secondary N) is 1. The van der Waals surface area contributed by atoms with Crippen molar-refractivity contribution in [2.24, 2.45) is 0 Å². The summed E-state index contributed by atoms with van der Waals surface area (Å²) in [4.78, 5) is 48.5. The largest absolute Gasteiger partial charge is 0.496 e. The standard InChI is InChI=1S/C19H14FN3O7/c1-29-15-9-16(30-2)14(23(27)28)7-10(15)6-13-17(24)21-19(26)22(18(13)25)12-5-3-4-11(20)8-12/h3-9H,1-2H3,(H,21,24,26)/b13-6+. The molecular formula is C19H14FN3O7. The lowest BCUT2D eigenvalue weighted by molar-refractivity contribution is -0.385. The van der Waals surface area contributed by atoms with Crippen molar-refractivity contribution in [3.8, 4) is 11.5 Å². The first-order valence-electron chi connectivity index (χ1n) is 8.34. The van der Waals surface area contributed by atoms with Crippen LogP contribution in [0.4, 0.5) is 20.6 Å². The molecule has 0 saturated carbocycles. The monoisotopic (exact) mass is 415 g/mol. The molecule has 154 valence electrons. The van der Waals surface area contributed by atoms with Crippen molar-refractivity contribution in [1.82, 2.24) is 5.32 Å². The summed E-state index contributed by atoms with van der Waals surface area (Å²) in [5.41, 5.74) is -0.996. The minimum atomic E-state index is -1.06. The molecule has 2 aromatic rings. The van der Waals surface area contributed by atoms with E-state index in [4.69, 9.17) is 9.47 Å². The molecule has 11 heteroatoms. The number of rotatable bonds is 5. The number of urea groups is 1. The van der Waals surface area contributed by atoms with E-state index in [1.54, 1.807) is 0 Å². The van der Waals surface area contributed by atoms with E-state index in [0.717, 1.165) is 24.3 Å². The molecule has 0 aliphatic carbocycles. The number of nitro groups is 1. The summed E-state index contributed by atoms with van der Waals surface area (Å²) in [6, 6.07) is 5.91. The number of benzene rings is 2. The van der Waals surface area contributed by atoms with Gasteiger partial charge in [-0.1, -0.05) is 6.07 Å². The topological polar surface area (TPSA) is 128 Å². The van der Waals surface area contributed by atoms with Gasteiger partial charge < -0.3 is 9.47 Å². The van der Waals surface area contributed by atoms with Gasteiger partial charge in [0, 0.05) is 17.7 Å². The lowest BCUT2D eigenvalue weighted by Crippen LogP contribution is -2.54. The molecule has 0 spiro atoms. The third-order valence-corrected chi connectivity index (χ3v) is 4.20. The number of hydrogen-bond donors (Lipinski definition) is 1. The highest BCUT2D eigenvalue weighted by Crippen LogP contribution is 2.36. The van der Waals surface area contributed by atoms with Gasteiger partial charge in [-0.05, 0) is 24.3 Å². The highest BCUT2D eigenvalue weighted by atomic mass is 19.1. The Labute approximate surface area is 168 Å². The fraction of sp³-hybridized carbons (Fsp3) is 0.105. The minimum Gasteiger partial charge on any atom is -0.496 e. The molecule has 3 rings (SSSR count). The van der Waals surface area contributed by atoms with Crippen LogP contribution < -0.4 is 19.7 Å². The van der Waals surface area contributed by atoms with E-state index in [0.29, 0.717) is 4.90 Å². The molecule has 1 heterocycles. The Morgan fingerprint density at radius 3 is 2.40 bits per heavy atom. The van der Waals surface area contributed by atoms with E-state index in [1.807, 2.05) is 5.32 Å². The summed E-state index contributed by atoms with van der Waals surface area (Å²) in [5.74, 6) is -2.74. The Bertz CT molecular complexity index is 1110. The predicted molar refractivity (Wildman–Crippen MR) is 102 cm³/mol. The van der Waals surface area contributed by atoms with Crippen molar-refractivity contribution in [3.63, 3.8) is 0 Å². The minimum absolute atomic E-state index is 0.0250. The number of carbonyl (C=O) groups excluding carboxylic acids is 3.